The first-order chi connectivity index (χ1) is 6.24. The van der Waals surface area contributed by atoms with E-state index in [0.717, 1.165) is 21.5 Å². The molecule has 0 fully saturated rings. The quantitative estimate of drug-likeness (QED) is 0.506. The predicted molar refractivity (Wildman–Crippen MR) is 63.9 cm³/mol. The maximum absolute atomic E-state index is 5.63. The second-order valence-corrected chi connectivity index (χ2v) is 3.82. The van der Waals surface area contributed by atoms with Crippen LogP contribution in [0.15, 0.2) is 18.2 Å². The summed E-state index contributed by atoms with van der Waals surface area (Å²) in [7, 11) is 1.69. The van der Waals surface area contributed by atoms with Gasteiger partial charge in [0.05, 0.1) is 6.61 Å². The number of nitrogens with two attached hydrogens (primary N) is 1. The summed E-state index contributed by atoms with van der Waals surface area (Å²) in [5, 5.41) is 3.25. The summed E-state index contributed by atoms with van der Waals surface area (Å²) in [4.78, 5) is 0. The van der Waals surface area contributed by atoms with Crippen LogP contribution in [0.3, 0.4) is 0 Å². The average molecular weight is 292 g/mol. The number of rotatable bonds is 4. The molecule has 3 N–H and O–H groups in total. The molecule has 1 aromatic carbocycles. The van der Waals surface area contributed by atoms with E-state index in [4.69, 9.17) is 10.5 Å². The van der Waals surface area contributed by atoms with Crippen molar-refractivity contribution in [3.8, 4) is 0 Å². The summed E-state index contributed by atoms with van der Waals surface area (Å²) in [5.74, 6) is 0. The fourth-order valence-corrected chi connectivity index (χ4v) is 1.69. The van der Waals surface area contributed by atoms with Crippen LogP contribution in [0.5, 0.6) is 0 Å². The minimum absolute atomic E-state index is 0.709. The third kappa shape index (κ3) is 3.40. The van der Waals surface area contributed by atoms with Gasteiger partial charge in [-0.05, 0) is 40.8 Å². The summed E-state index contributed by atoms with van der Waals surface area (Å²) >= 11 is 2.25. The number of hydrogen-bond donors (Lipinski definition) is 2. The van der Waals surface area contributed by atoms with Crippen LogP contribution in [0.2, 0.25) is 0 Å². The van der Waals surface area contributed by atoms with Crippen LogP contribution in [0.4, 0.5) is 11.4 Å². The smallest absolute Gasteiger partial charge is 0.0635 e. The first kappa shape index (κ1) is 10.6. The van der Waals surface area contributed by atoms with Crippen molar-refractivity contribution in [1.82, 2.24) is 0 Å². The molecule has 0 amide bonds. The number of methoxy groups -OCH3 is 1. The highest BCUT2D eigenvalue weighted by atomic mass is 127. The lowest BCUT2D eigenvalue weighted by Gasteiger charge is -2.08. The summed E-state index contributed by atoms with van der Waals surface area (Å²) in [6, 6.07) is 5.81. The Balaban J connectivity index is 2.56. The van der Waals surface area contributed by atoms with Gasteiger partial charge in [-0.1, -0.05) is 0 Å². The number of nitrogen functional groups attached to an aromatic ring is 1. The van der Waals surface area contributed by atoms with Crippen molar-refractivity contribution in [2.45, 2.75) is 0 Å². The van der Waals surface area contributed by atoms with E-state index in [2.05, 4.69) is 27.9 Å². The molecule has 0 aliphatic carbocycles. The molecule has 0 aromatic heterocycles. The zero-order valence-corrected chi connectivity index (χ0v) is 9.67. The Labute approximate surface area is 91.8 Å². The normalized spacial score (nSPS) is 10.0. The fraction of sp³-hybridized carbons (Fsp3) is 0.333. The Hall–Kier alpha value is -0.490. The topological polar surface area (TPSA) is 47.3 Å². The SMILES string of the molecule is COCCNc1ccc(N)cc1I. The van der Waals surface area contributed by atoms with Gasteiger partial charge < -0.3 is 15.8 Å². The van der Waals surface area contributed by atoms with Crippen LogP contribution in [-0.4, -0.2) is 20.3 Å². The second-order valence-electron chi connectivity index (χ2n) is 2.66. The Morgan fingerprint density at radius 3 is 2.92 bits per heavy atom. The van der Waals surface area contributed by atoms with Crippen LogP contribution < -0.4 is 11.1 Å². The van der Waals surface area contributed by atoms with Crippen LogP contribution in [-0.2, 0) is 4.74 Å². The molecule has 13 heavy (non-hydrogen) atoms. The van der Waals surface area contributed by atoms with Gasteiger partial charge in [0.25, 0.3) is 0 Å². The van der Waals surface area contributed by atoms with Gasteiger partial charge in [0.2, 0.25) is 0 Å². The molecule has 0 aliphatic heterocycles. The monoisotopic (exact) mass is 292 g/mol. The van der Waals surface area contributed by atoms with Gasteiger partial charge >= 0.3 is 0 Å². The zero-order chi connectivity index (χ0) is 9.68. The van der Waals surface area contributed by atoms with Gasteiger partial charge in [-0.2, -0.15) is 0 Å². The number of benzene rings is 1. The Morgan fingerprint density at radius 1 is 1.54 bits per heavy atom. The Kier molecular flexibility index (Phi) is 4.31. The molecule has 0 saturated carbocycles. The molecular weight excluding hydrogens is 279 g/mol. The van der Waals surface area contributed by atoms with Crippen LogP contribution in [0.1, 0.15) is 0 Å². The minimum Gasteiger partial charge on any atom is -0.399 e. The Bertz CT molecular complexity index is 278. The van der Waals surface area contributed by atoms with E-state index in [1.54, 1.807) is 7.11 Å². The van der Waals surface area contributed by atoms with E-state index in [1.165, 1.54) is 0 Å². The molecule has 0 aliphatic rings. The first-order valence-electron chi connectivity index (χ1n) is 4.02. The van der Waals surface area contributed by atoms with Gasteiger partial charge in [0.1, 0.15) is 0 Å². The van der Waals surface area contributed by atoms with Gasteiger partial charge in [-0.25, -0.2) is 0 Å². The molecule has 1 rings (SSSR count). The number of hydrogen-bond acceptors (Lipinski definition) is 3. The number of ether oxygens (including phenoxy) is 1. The van der Waals surface area contributed by atoms with Gasteiger partial charge in [0, 0.05) is 28.6 Å². The van der Waals surface area contributed by atoms with E-state index in [9.17, 15) is 0 Å². The Morgan fingerprint density at radius 2 is 2.31 bits per heavy atom. The molecule has 72 valence electrons. The summed E-state index contributed by atoms with van der Waals surface area (Å²) in [6.45, 7) is 1.52. The standard InChI is InChI=1S/C9H13IN2O/c1-13-5-4-12-9-3-2-7(11)6-8(9)10/h2-3,6,12H,4-5,11H2,1H3. The number of anilines is 2. The van der Waals surface area contributed by atoms with Gasteiger partial charge in [-0.3, -0.25) is 0 Å². The van der Waals surface area contributed by atoms with Crippen molar-refractivity contribution >= 4 is 34.0 Å². The molecule has 0 unspecified atom stereocenters. The van der Waals surface area contributed by atoms with Crippen molar-refractivity contribution in [2.75, 3.05) is 31.3 Å². The third-order valence-electron chi connectivity index (χ3n) is 1.61. The highest BCUT2D eigenvalue weighted by Crippen LogP contribution is 2.20. The van der Waals surface area contributed by atoms with E-state index in [0.29, 0.717) is 6.61 Å². The lowest BCUT2D eigenvalue weighted by atomic mass is 10.3. The molecule has 0 saturated heterocycles. The third-order valence-corrected chi connectivity index (χ3v) is 2.51. The molecule has 0 radical (unpaired) electrons. The molecule has 4 heteroatoms. The molecular formula is C9H13IN2O. The van der Waals surface area contributed by atoms with Crippen LogP contribution in [0, 0.1) is 3.57 Å². The second kappa shape index (κ2) is 5.29. The maximum atomic E-state index is 5.63. The van der Waals surface area contributed by atoms with E-state index < -0.39 is 0 Å². The van der Waals surface area contributed by atoms with Crippen LogP contribution in [0.25, 0.3) is 0 Å². The predicted octanol–water partition coefficient (Wildman–Crippen LogP) is 1.93. The molecule has 0 spiro atoms. The van der Waals surface area contributed by atoms with E-state index in [1.807, 2.05) is 18.2 Å². The highest BCUT2D eigenvalue weighted by Gasteiger charge is 1.97. The summed E-state index contributed by atoms with van der Waals surface area (Å²) < 4.78 is 6.07. The molecule has 0 atom stereocenters. The van der Waals surface area contributed by atoms with E-state index >= 15 is 0 Å². The lowest BCUT2D eigenvalue weighted by Crippen LogP contribution is -2.08. The maximum Gasteiger partial charge on any atom is 0.0635 e. The van der Waals surface area contributed by atoms with Crippen LogP contribution >= 0.6 is 22.6 Å². The van der Waals surface area contributed by atoms with E-state index in [-0.39, 0.29) is 0 Å². The minimum atomic E-state index is 0.709. The van der Waals surface area contributed by atoms with Crippen molar-refractivity contribution in [3.05, 3.63) is 21.8 Å². The van der Waals surface area contributed by atoms with Gasteiger partial charge in [0.15, 0.2) is 0 Å². The highest BCUT2D eigenvalue weighted by molar-refractivity contribution is 14.1. The zero-order valence-electron chi connectivity index (χ0n) is 7.51. The average Bonchev–Trinajstić information content (AvgIpc) is 2.09. The van der Waals surface area contributed by atoms with Crippen molar-refractivity contribution in [3.63, 3.8) is 0 Å². The fourth-order valence-electron chi connectivity index (χ4n) is 0.962. The van der Waals surface area contributed by atoms with Gasteiger partial charge in [-0.15, -0.1) is 0 Å². The molecule has 1 aromatic rings. The summed E-state index contributed by atoms with van der Waals surface area (Å²) in [6.07, 6.45) is 0. The van der Waals surface area contributed by atoms with Crippen molar-refractivity contribution in [1.29, 1.82) is 0 Å². The molecule has 0 bridgehead atoms. The molecule has 3 nitrogen and oxygen atoms in total. The number of halogens is 1. The first-order valence-corrected chi connectivity index (χ1v) is 5.09. The number of nitrogens with one attached hydrogen (secondary N) is 1. The van der Waals surface area contributed by atoms with Crippen molar-refractivity contribution in [2.24, 2.45) is 0 Å². The largest absolute Gasteiger partial charge is 0.399 e. The lowest BCUT2D eigenvalue weighted by molar-refractivity contribution is 0.211. The summed E-state index contributed by atoms with van der Waals surface area (Å²) in [5.41, 5.74) is 7.52. The van der Waals surface area contributed by atoms with Crippen molar-refractivity contribution < 1.29 is 4.74 Å². The molecule has 0 heterocycles.